The van der Waals surface area contributed by atoms with Crippen molar-refractivity contribution < 1.29 is 19.3 Å². The van der Waals surface area contributed by atoms with Crippen molar-refractivity contribution >= 4 is 35.0 Å². The number of amides is 2. The number of nitro groups is 1. The second kappa shape index (κ2) is 7.73. The Morgan fingerprint density at radius 3 is 2.34 bits per heavy atom. The lowest BCUT2D eigenvalue weighted by molar-refractivity contribution is -0.384. The summed E-state index contributed by atoms with van der Waals surface area (Å²) in [5, 5.41) is 11.3. The standard InChI is InChI=1S/C27H19N3O5/c31-25(17-8-2-1-3-9-17)24-22-21(23-20-12-5-4-7-16(20)13-14-28(23)24)26(32)29(27(22)33)18-10-6-11-19(15-18)30(34)35/h1-15,21-24H/t21-,22+,23+,24+/m0/s1. The van der Waals surface area contributed by atoms with Gasteiger partial charge in [0.2, 0.25) is 11.8 Å². The number of fused-ring (bicyclic) bond motifs is 5. The quantitative estimate of drug-likeness (QED) is 0.250. The number of nitro benzene ring substituents is 1. The van der Waals surface area contributed by atoms with Crippen molar-refractivity contribution in [2.75, 3.05) is 4.90 Å². The number of non-ortho nitro benzene ring substituents is 1. The Kier molecular flexibility index (Phi) is 4.63. The maximum atomic E-state index is 13.8. The average Bonchev–Trinajstić information content (AvgIpc) is 3.36. The van der Waals surface area contributed by atoms with E-state index in [0.29, 0.717) is 5.56 Å². The molecule has 0 aromatic heterocycles. The molecule has 8 nitrogen and oxygen atoms in total. The highest BCUT2D eigenvalue weighted by Crippen LogP contribution is 2.53. The molecule has 0 radical (unpaired) electrons. The summed E-state index contributed by atoms with van der Waals surface area (Å²) < 4.78 is 0. The van der Waals surface area contributed by atoms with Gasteiger partial charge < -0.3 is 4.90 Å². The molecule has 2 amide bonds. The molecule has 3 heterocycles. The van der Waals surface area contributed by atoms with Gasteiger partial charge in [-0.25, -0.2) is 4.90 Å². The summed E-state index contributed by atoms with van der Waals surface area (Å²) in [6.07, 6.45) is 3.69. The number of anilines is 1. The number of hydrogen-bond donors (Lipinski definition) is 0. The SMILES string of the molecule is O=C(c1ccccc1)[C@H]1[C@@H]2C(=O)N(c3cccc([N+](=O)[O-])c3)C(=O)[C@@H]2[C@H]2c3ccccc3C=CN21. The van der Waals surface area contributed by atoms with Crippen LogP contribution in [0.25, 0.3) is 6.08 Å². The summed E-state index contributed by atoms with van der Waals surface area (Å²) in [6, 6.07) is 20.4. The van der Waals surface area contributed by atoms with E-state index in [1.165, 1.54) is 24.3 Å². The molecule has 0 aliphatic carbocycles. The molecule has 6 rings (SSSR count). The Morgan fingerprint density at radius 2 is 1.57 bits per heavy atom. The Bertz CT molecular complexity index is 1430. The minimum atomic E-state index is -0.921. The molecule has 3 aliphatic rings. The molecule has 4 atom stereocenters. The van der Waals surface area contributed by atoms with E-state index < -0.39 is 40.7 Å². The molecule has 2 saturated heterocycles. The molecule has 3 aromatic rings. The van der Waals surface area contributed by atoms with Gasteiger partial charge in [0.25, 0.3) is 5.69 Å². The largest absolute Gasteiger partial charge is 0.358 e. The van der Waals surface area contributed by atoms with E-state index in [9.17, 15) is 24.5 Å². The second-order valence-electron chi connectivity index (χ2n) is 8.85. The summed E-state index contributed by atoms with van der Waals surface area (Å²) in [7, 11) is 0. The van der Waals surface area contributed by atoms with Crippen LogP contribution < -0.4 is 4.90 Å². The van der Waals surface area contributed by atoms with E-state index in [-0.39, 0.29) is 17.2 Å². The lowest BCUT2D eigenvalue weighted by Crippen LogP contribution is -2.44. The summed E-state index contributed by atoms with van der Waals surface area (Å²) in [5.41, 5.74) is 2.17. The summed E-state index contributed by atoms with van der Waals surface area (Å²) in [6.45, 7) is 0. The number of Topliss-reactive ketones (excluding diaryl/α,β-unsaturated/α-hetero) is 1. The Labute approximate surface area is 200 Å². The number of imide groups is 1. The second-order valence-corrected chi connectivity index (χ2v) is 8.85. The minimum absolute atomic E-state index is 0.140. The highest BCUT2D eigenvalue weighted by Gasteiger charge is 2.64. The van der Waals surface area contributed by atoms with Crippen LogP contribution in [0.4, 0.5) is 11.4 Å². The molecule has 3 aromatic carbocycles. The molecule has 0 bridgehead atoms. The van der Waals surface area contributed by atoms with Gasteiger partial charge in [-0.3, -0.25) is 24.5 Å². The molecule has 0 N–H and O–H groups in total. The van der Waals surface area contributed by atoms with Crippen LogP contribution >= 0.6 is 0 Å². The highest BCUT2D eigenvalue weighted by molar-refractivity contribution is 6.24. The molecule has 172 valence electrons. The van der Waals surface area contributed by atoms with Gasteiger partial charge >= 0.3 is 0 Å². The third-order valence-electron chi connectivity index (χ3n) is 7.09. The van der Waals surface area contributed by atoms with Crippen LogP contribution in [-0.2, 0) is 9.59 Å². The molecule has 8 heteroatoms. The van der Waals surface area contributed by atoms with Gasteiger partial charge in [-0.05, 0) is 23.3 Å². The van der Waals surface area contributed by atoms with Crippen molar-refractivity contribution in [3.63, 3.8) is 0 Å². The zero-order chi connectivity index (χ0) is 24.3. The predicted molar refractivity (Wildman–Crippen MR) is 127 cm³/mol. The van der Waals surface area contributed by atoms with Crippen LogP contribution in [0.1, 0.15) is 27.5 Å². The molecule has 0 saturated carbocycles. The number of rotatable bonds is 4. The smallest absolute Gasteiger partial charge is 0.271 e. The van der Waals surface area contributed by atoms with Gasteiger partial charge in [0, 0.05) is 23.9 Å². The maximum absolute atomic E-state index is 13.8. The van der Waals surface area contributed by atoms with Crippen molar-refractivity contribution in [1.82, 2.24) is 4.90 Å². The van der Waals surface area contributed by atoms with Gasteiger partial charge in [0.1, 0.15) is 6.04 Å². The summed E-state index contributed by atoms with van der Waals surface area (Å²) in [4.78, 5) is 55.0. The zero-order valence-electron chi connectivity index (χ0n) is 18.4. The fraction of sp³-hybridized carbons (Fsp3) is 0.148. The van der Waals surface area contributed by atoms with E-state index in [2.05, 4.69) is 0 Å². The monoisotopic (exact) mass is 465 g/mol. The first kappa shape index (κ1) is 21.0. The van der Waals surface area contributed by atoms with Crippen LogP contribution in [0.5, 0.6) is 0 Å². The minimum Gasteiger partial charge on any atom is -0.358 e. The van der Waals surface area contributed by atoms with Gasteiger partial charge in [-0.1, -0.05) is 60.7 Å². The van der Waals surface area contributed by atoms with E-state index in [0.717, 1.165) is 16.0 Å². The van der Waals surface area contributed by atoms with E-state index >= 15 is 0 Å². The first-order valence-electron chi connectivity index (χ1n) is 11.2. The lowest BCUT2D eigenvalue weighted by atomic mass is 9.83. The summed E-state index contributed by atoms with van der Waals surface area (Å²) >= 11 is 0. The van der Waals surface area contributed by atoms with E-state index in [4.69, 9.17) is 0 Å². The lowest BCUT2D eigenvalue weighted by Gasteiger charge is -2.35. The fourth-order valence-electron chi connectivity index (χ4n) is 5.63. The molecular weight excluding hydrogens is 446 g/mol. The Balaban J connectivity index is 1.50. The van der Waals surface area contributed by atoms with Crippen molar-refractivity contribution in [1.29, 1.82) is 0 Å². The van der Waals surface area contributed by atoms with Gasteiger partial charge in [-0.2, -0.15) is 0 Å². The van der Waals surface area contributed by atoms with E-state index in [1.54, 1.807) is 30.5 Å². The topological polar surface area (TPSA) is 101 Å². The highest BCUT2D eigenvalue weighted by atomic mass is 16.6. The number of hydrogen-bond acceptors (Lipinski definition) is 6. The number of carbonyl (C=O) groups is 3. The average molecular weight is 465 g/mol. The van der Waals surface area contributed by atoms with E-state index in [1.807, 2.05) is 41.3 Å². The van der Waals surface area contributed by atoms with Crippen molar-refractivity contribution in [3.05, 3.63) is 112 Å². The third-order valence-corrected chi connectivity index (χ3v) is 7.09. The molecule has 35 heavy (non-hydrogen) atoms. The van der Waals surface area contributed by atoms with Crippen molar-refractivity contribution in [2.45, 2.75) is 12.1 Å². The number of ketones is 1. The zero-order valence-corrected chi connectivity index (χ0v) is 18.4. The normalized spacial score (nSPS) is 24.2. The molecular formula is C27H19N3O5. The molecule has 2 fully saturated rings. The summed E-state index contributed by atoms with van der Waals surface area (Å²) in [5.74, 6) is -2.94. The molecule has 0 spiro atoms. The van der Waals surface area contributed by atoms with Crippen LogP contribution in [0.15, 0.2) is 85.1 Å². The number of benzene rings is 3. The van der Waals surface area contributed by atoms with Crippen LogP contribution in [0.2, 0.25) is 0 Å². The van der Waals surface area contributed by atoms with Crippen molar-refractivity contribution in [3.8, 4) is 0 Å². The Morgan fingerprint density at radius 1 is 0.857 bits per heavy atom. The first-order chi connectivity index (χ1) is 17.0. The van der Waals surface area contributed by atoms with Crippen molar-refractivity contribution in [2.24, 2.45) is 11.8 Å². The number of nitrogens with zero attached hydrogens (tertiary/aromatic N) is 3. The predicted octanol–water partition coefficient (Wildman–Crippen LogP) is 3.99. The van der Waals surface area contributed by atoms with Gasteiger partial charge in [-0.15, -0.1) is 0 Å². The first-order valence-corrected chi connectivity index (χ1v) is 11.2. The van der Waals surface area contributed by atoms with Crippen LogP contribution in [0, 0.1) is 22.0 Å². The number of carbonyl (C=O) groups excluding carboxylic acids is 3. The van der Waals surface area contributed by atoms with Crippen LogP contribution in [-0.4, -0.2) is 33.5 Å². The molecule has 3 aliphatic heterocycles. The van der Waals surface area contributed by atoms with Gasteiger partial charge in [0.15, 0.2) is 5.78 Å². The third kappa shape index (κ3) is 3.03. The van der Waals surface area contributed by atoms with Gasteiger partial charge in [0.05, 0.1) is 28.5 Å². The van der Waals surface area contributed by atoms with Crippen LogP contribution in [0.3, 0.4) is 0 Å². The maximum Gasteiger partial charge on any atom is 0.271 e. The Hall–Kier alpha value is -4.59. The molecule has 0 unspecified atom stereocenters. The fourth-order valence-corrected chi connectivity index (χ4v) is 5.63.